The van der Waals surface area contributed by atoms with Crippen molar-refractivity contribution in [1.82, 2.24) is 15.3 Å². The lowest BCUT2D eigenvalue weighted by molar-refractivity contribution is -0.121. The molecular weight excluding hydrogens is 314 g/mol. The van der Waals surface area contributed by atoms with Gasteiger partial charge in [0.15, 0.2) is 0 Å². The van der Waals surface area contributed by atoms with Crippen molar-refractivity contribution in [2.24, 2.45) is 5.92 Å². The third-order valence-corrected chi connectivity index (χ3v) is 6.26. The van der Waals surface area contributed by atoms with E-state index in [4.69, 9.17) is 0 Å². The first-order chi connectivity index (χ1) is 10.6. The number of nitrogens with one attached hydrogen (secondary N) is 1. The predicted molar refractivity (Wildman–Crippen MR) is 92.3 cm³/mol. The summed E-state index contributed by atoms with van der Waals surface area (Å²) in [6, 6.07) is 2.35. The number of thiophene rings is 1. The van der Waals surface area contributed by atoms with Crippen molar-refractivity contribution in [3.63, 3.8) is 0 Å². The second-order valence-corrected chi connectivity index (χ2v) is 8.18. The number of hydrogen-bond donors (Lipinski definition) is 1. The maximum Gasteiger partial charge on any atom is 0.233 e. The van der Waals surface area contributed by atoms with Crippen molar-refractivity contribution < 1.29 is 4.79 Å². The zero-order valence-corrected chi connectivity index (χ0v) is 14.5. The zero-order valence-electron chi connectivity index (χ0n) is 12.9. The van der Waals surface area contributed by atoms with E-state index in [0.29, 0.717) is 12.0 Å². The summed E-state index contributed by atoms with van der Waals surface area (Å²) >= 11 is 3.12. The van der Waals surface area contributed by atoms with Crippen LogP contribution in [0.5, 0.6) is 0 Å². The van der Waals surface area contributed by atoms with Crippen LogP contribution >= 0.6 is 23.1 Å². The molecule has 0 bridgehead atoms. The summed E-state index contributed by atoms with van der Waals surface area (Å²) in [7, 11) is 0. The normalized spacial score (nSPS) is 23.4. The molecule has 1 aliphatic rings. The molecule has 22 heavy (non-hydrogen) atoms. The first-order valence-electron chi connectivity index (χ1n) is 7.80. The summed E-state index contributed by atoms with van der Waals surface area (Å²) in [4.78, 5) is 22.0. The molecular formula is C16H21N3OS2. The lowest BCUT2D eigenvalue weighted by Gasteiger charge is -2.30. The smallest absolute Gasteiger partial charge is 0.233 e. The van der Waals surface area contributed by atoms with Crippen LogP contribution < -0.4 is 5.32 Å². The van der Waals surface area contributed by atoms with Crippen LogP contribution in [-0.4, -0.2) is 27.2 Å². The van der Waals surface area contributed by atoms with Gasteiger partial charge in [-0.2, -0.15) is 0 Å². The van der Waals surface area contributed by atoms with Crippen molar-refractivity contribution >= 4 is 39.2 Å². The second kappa shape index (κ2) is 6.96. The Hall–Kier alpha value is -1.14. The highest BCUT2D eigenvalue weighted by molar-refractivity contribution is 8.00. The van der Waals surface area contributed by atoms with Crippen molar-refractivity contribution in [3.8, 4) is 0 Å². The molecule has 6 heteroatoms. The number of nitrogens with zero attached hydrogens (tertiary/aromatic N) is 2. The van der Waals surface area contributed by atoms with Gasteiger partial charge in [0, 0.05) is 11.4 Å². The molecule has 1 aliphatic carbocycles. The Balaban J connectivity index is 1.64. The van der Waals surface area contributed by atoms with Gasteiger partial charge in [0.25, 0.3) is 0 Å². The summed E-state index contributed by atoms with van der Waals surface area (Å²) in [6.07, 6.45) is 6.41. The fourth-order valence-corrected chi connectivity index (χ4v) is 4.62. The molecule has 1 N–H and O–H groups in total. The first-order valence-corrected chi connectivity index (χ1v) is 9.56. The molecule has 3 rings (SSSR count). The first kappa shape index (κ1) is 15.7. The highest BCUT2D eigenvalue weighted by Crippen LogP contribution is 2.31. The van der Waals surface area contributed by atoms with Crippen LogP contribution in [0.4, 0.5) is 0 Å². The van der Waals surface area contributed by atoms with E-state index in [1.807, 2.05) is 18.4 Å². The van der Waals surface area contributed by atoms with Crippen LogP contribution in [0.25, 0.3) is 10.2 Å². The monoisotopic (exact) mass is 335 g/mol. The number of rotatable bonds is 4. The number of carbonyl (C=O) groups excluding carboxylic acids is 1. The Kier molecular flexibility index (Phi) is 4.98. The molecule has 0 radical (unpaired) electrons. The van der Waals surface area contributed by atoms with Gasteiger partial charge in [-0.1, -0.05) is 31.5 Å². The molecule has 1 amide bonds. The van der Waals surface area contributed by atoms with Gasteiger partial charge in [-0.15, -0.1) is 11.3 Å². The predicted octanol–water partition coefficient (Wildman–Crippen LogP) is 3.87. The van der Waals surface area contributed by atoms with Crippen LogP contribution in [-0.2, 0) is 4.79 Å². The molecule has 4 nitrogen and oxygen atoms in total. The van der Waals surface area contributed by atoms with E-state index in [2.05, 4.69) is 22.2 Å². The van der Waals surface area contributed by atoms with Crippen LogP contribution in [0.15, 0.2) is 22.8 Å². The number of thioether (sulfide) groups is 1. The molecule has 118 valence electrons. The maximum atomic E-state index is 12.5. The Morgan fingerprint density at radius 3 is 3.05 bits per heavy atom. The molecule has 1 saturated carbocycles. The Labute approximate surface area is 139 Å². The van der Waals surface area contributed by atoms with Crippen molar-refractivity contribution in [1.29, 1.82) is 0 Å². The summed E-state index contributed by atoms with van der Waals surface area (Å²) in [6.45, 7) is 4.19. The largest absolute Gasteiger partial charge is 0.352 e. The number of amides is 1. The summed E-state index contributed by atoms with van der Waals surface area (Å²) in [5.74, 6) is 0.697. The minimum Gasteiger partial charge on any atom is -0.352 e. The Morgan fingerprint density at radius 1 is 1.41 bits per heavy atom. The minimum absolute atomic E-state index is 0.116. The van der Waals surface area contributed by atoms with E-state index in [-0.39, 0.29) is 11.2 Å². The molecule has 2 heterocycles. The number of hydrogen-bond acceptors (Lipinski definition) is 5. The quantitative estimate of drug-likeness (QED) is 0.681. The fraction of sp³-hybridized carbons (Fsp3) is 0.562. The number of carbonyl (C=O) groups is 1. The third kappa shape index (κ3) is 3.43. The summed E-state index contributed by atoms with van der Waals surface area (Å²) in [5, 5.41) is 7.03. The van der Waals surface area contributed by atoms with Crippen LogP contribution in [0.1, 0.15) is 39.5 Å². The van der Waals surface area contributed by atoms with Crippen molar-refractivity contribution in [2.75, 3.05) is 0 Å². The molecule has 0 unspecified atom stereocenters. The molecule has 0 aromatic carbocycles. The minimum atomic E-state index is -0.146. The summed E-state index contributed by atoms with van der Waals surface area (Å²) in [5.41, 5.74) is 0. The molecule has 3 atom stereocenters. The van der Waals surface area contributed by atoms with E-state index < -0.39 is 0 Å². The van der Waals surface area contributed by atoms with Crippen molar-refractivity contribution in [3.05, 3.63) is 17.8 Å². The van der Waals surface area contributed by atoms with Gasteiger partial charge in [-0.3, -0.25) is 4.79 Å². The molecule has 0 saturated heterocycles. The van der Waals surface area contributed by atoms with E-state index >= 15 is 0 Å². The van der Waals surface area contributed by atoms with E-state index in [1.165, 1.54) is 31.0 Å². The van der Waals surface area contributed by atoms with Gasteiger partial charge in [0.05, 0.1) is 5.25 Å². The lowest BCUT2D eigenvalue weighted by atomic mass is 9.86. The van der Waals surface area contributed by atoms with Crippen LogP contribution in [0.3, 0.4) is 0 Å². The molecule has 0 spiro atoms. The average molecular weight is 335 g/mol. The fourth-order valence-electron chi connectivity index (χ4n) is 2.91. The summed E-state index contributed by atoms with van der Waals surface area (Å²) < 4.78 is 0. The third-order valence-electron chi connectivity index (χ3n) is 4.32. The van der Waals surface area contributed by atoms with Gasteiger partial charge < -0.3 is 5.32 Å². The number of aromatic nitrogens is 2. The average Bonchev–Trinajstić information content (AvgIpc) is 2.99. The molecule has 0 aliphatic heterocycles. The van der Waals surface area contributed by atoms with E-state index in [9.17, 15) is 4.79 Å². The van der Waals surface area contributed by atoms with Gasteiger partial charge in [0.2, 0.25) is 5.91 Å². The van der Waals surface area contributed by atoms with Crippen LogP contribution in [0, 0.1) is 5.92 Å². The Bertz CT molecular complexity index is 658. The standard InChI is InChI=1S/C16H21N3OS2/c1-10-5-3-4-6-13(10)19-14(20)11(2)22-16-12-7-8-21-15(12)17-9-18-16/h7-11,13H,3-6H2,1-2H3,(H,19,20)/t10-,11-,13+/m1/s1. The second-order valence-electron chi connectivity index (χ2n) is 5.96. The highest BCUT2D eigenvalue weighted by Gasteiger charge is 2.25. The highest BCUT2D eigenvalue weighted by atomic mass is 32.2. The van der Waals surface area contributed by atoms with E-state index in [0.717, 1.165) is 21.7 Å². The van der Waals surface area contributed by atoms with Gasteiger partial charge in [-0.05, 0) is 37.1 Å². The van der Waals surface area contributed by atoms with Gasteiger partial charge in [-0.25, -0.2) is 9.97 Å². The Morgan fingerprint density at radius 2 is 2.23 bits per heavy atom. The lowest BCUT2D eigenvalue weighted by Crippen LogP contribution is -2.44. The molecule has 1 fully saturated rings. The number of fused-ring (bicyclic) bond motifs is 1. The van der Waals surface area contributed by atoms with Crippen LogP contribution in [0.2, 0.25) is 0 Å². The maximum absolute atomic E-state index is 12.5. The van der Waals surface area contributed by atoms with Crippen molar-refractivity contribution in [2.45, 2.75) is 55.8 Å². The molecule has 2 aromatic rings. The zero-order chi connectivity index (χ0) is 15.5. The van der Waals surface area contributed by atoms with Gasteiger partial charge >= 0.3 is 0 Å². The molecule has 2 aromatic heterocycles. The van der Waals surface area contributed by atoms with E-state index in [1.54, 1.807) is 17.7 Å². The topological polar surface area (TPSA) is 54.9 Å². The SMILES string of the molecule is C[C@@H]1CCCC[C@@H]1NC(=O)[C@@H](C)Sc1ncnc2sccc12. The van der Waals surface area contributed by atoms with Gasteiger partial charge in [0.1, 0.15) is 16.2 Å².